The van der Waals surface area contributed by atoms with Gasteiger partial charge in [-0.2, -0.15) is 0 Å². The number of halogens is 3. The molecule has 1 heterocycles. The van der Waals surface area contributed by atoms with E-state index in [9.17, 15) is 22.8 Å². The fourth-order valence-corrected chi connectivity index (χ4v) is 2.59. The van der Waals surface area contributed by atoms with Crippen LogP contribution in [0.15, 0.2) is 11.0 Å². The summed E-state index contributed by atoms with van der Waals surface area (Å²) in [6.07, 6.45) is 2.54. The summed E-state index contributed by atoms with van der Waals surface area (Å²) >= 11 is 0. The average molecular weight is 325 g/mol. The highest BCUT2D eigenvalue weighted by Crippen LogP contribution is 2.34. The maximum atomic E-state index is 13.8. The first-order valence-electron chi connectivity index (χ1n) is 7.22. The Balaban J connectivity index is 2.12. The Hall–Kier alpha value is -2.31. The lowest BCUT2D eigenvalue weighted by Crippen LogP contribution is -2.24. The van der Waals surface area contributed by atoms with E-state index in [1.807, 2.05) is 0 Å². The number of hydrogen-bond donors (Lipinski definition) is 1. The number of esters is 1. The van der Waals surface area contributed by atoms with E-state index in [0.717, 1.165) is 26.0 Å². The molecule has 1 atom stereocenters. The third-order valence-corrected chi connectivity index (χ3v) is 4.19. The molecule has 0 saturated heterocycles. The zero-order valence-electron chi connectivity index (χ0n) is 12.5. The van der Waals surface area contributed by atoms with Gasteiger partial charge in [0.05, 0.1) is 10.9 Å². The SMILES string of the molecule is Cc1c(F)c(F)c(F)c2[nH]cc(C(=O)OC(C)C3CC3)c(=O)c12. The number of carbonyl (C=O) groups is 1. The highest BCUT2D eigenvalue weighted by Gasteiger charge is 2.32. The van der Waals surface area contributed by atoms with Crippen LogP contribution in [0.4, 0.5) is 13.2 Å². The molecule has 1 unspecified atom stereocenters. The number of ether oxygens (including phenoxy) is 1. The number of pyridine rings is 1. The largest absolute Gasteiger partial charge is 0.459 e. The third kappa shape index (κ3) is 2.50. The van der Waals surface area contributed by atoms with Crippen molar-refractivity contribution in [3.63, 3.8) is 0 Å². The van der Waals surface area contributed by atoms with Crippen LogP contribution < -0.4 is 5.43 Å². The van der Waals surface area contributed by atoms with E-state index in [2.05, 4.69) is 4.98 Å². The summed E-state index contributed by atoms with van der Waals surface area (Å²) in [5, 5.41) is -0.394. The van der Waals surface area contributed by atoms with Gasteiger partial charge in [-0.15, -0.1) is 0 Å². The van der Waals surface area contributed by atoms with E-state index in [1.54, 1.807) is 6.92 Å². The number of rotatable bonds is 3. The molecule has 0 spiro atoms. The second-order valence-electron chi connectivity index (χ2n) is 5.80. The van der Waals surface area contributed by atoms with Gasteiger partial charge in [-0.25, -0.2) is 18.0 Å². The van der Waals surface area contributed by atoms with Gasteiger partial charge in [0.1, 0.15) is 11.7 Å². The first-order valence-corrected chi connectivity index (χ1v) is 7.22. The van der Waals surface area contributed by atoms with Crippen LogP contribution in [0.1, 0.15) is 35.7 Å². The van der Waals surface area contributed by atoms with E-state index in [0.29, 0.717) is 0 Å². The van der Waals surface area contributed by atoms with E-state index in [1.165, 1.54) is 0 Å². The summed E-state index contributed by atoms with van der Waals surface area (Å²) in [5.74, 6) is -5.19. The van der Waals surface area contributed by atoms with Crippen LogP contribution >= 0.6 is 0 Å². The van der Waals surface area contributed by atoms with Crippen LogP contribution in [0.5, 0.6) is 0 Å². The average Bonchev–Trinajstić information content (AvgIpc) is 3.35. The highest BCUT2D eigenvalue weighted by atomic mass is 19.2. The number of hydrogen-bond acceptors (Lipinski definition) is 3. The molecule has 0 amide bonds. The standard InChI is InChI=1S/C16H14F3NO3/c1-6-10-14(13(19)12(18)11(6)17)20-5-9(15(10)21)16(22)23-7(2)8-3-4-8/h5,7-8H,3-4H2,1-2H3,(H,20,21). The number of aromatic nitrogens is 1. The van der Waals surface area contributed by atoms with Gasteiger partial charge in [0.25, 0.3) is 0 Å². The van der Waals surface area contributed by atoms with Gasteiger partial charge in [-0.3, -0.25) is 4.79 Å². The maximum Gasteiger partial charge on any atom is 0.343 e. The Labute approximate surface area is 129 Å². The molecular weight excluding hydrogens is 311 g/mol. The number of H-pyrrole nitrogens is 1. The lowest BCUT2D eigenvalue weighted by molar-refractivity contribution is 0.0293. The quantitative estimate of drug-likeness (QED) is 0.696. The molecule has 1 saturated carbocycles. The Kier molecular flexibility index (Phi) is 3.66. The molecule has 0 bridgehead atoms. The molecule has 122 valence electrons. The van der Waals surface area contributed by atoms with Crippen molar-refractivity contribution >= 4 is 16.9 Å². The Morgan fingerprint density at radius 2 is 1.91 bits per heavy atom. The van der Waals surface area contributed by atoms with Crippen molar-refractivity contribution in [2.24, 2.45) is 5.92 Å². The van der Waals surface area contributed by atoms with E-state index in [4.69, 9.17) is 4.74 Å². The molecule has 1 aliphatic carbocycles. The zero-order valence-corrected chi connectivity index (χ0v) is 12.5. The van der Waals surface area contributed by atoms with Gasteiger partial charge >= 0.3 is 5.97 Å². The number of aromatic amines is 1. The summed E-state index contributed by atoms with van der Waals surface area (Å²) in [7, 11) is 0. The lowest BCUT2D eigenvalue weighted by atomic mass is 10.1. The first-order chi connectivity index (χ1) is 10.8. The fourth-order valence-electron chi connectivity index (χ4n) is 2.59. The number of carbonyl (C=O) groups excluding carboxylic acids is 1. The number of fused-ring (bicyclic) bond motifs is 1. The van der Waals surface area contributed by atoms with Crippen molar-refractivity contribution in [2.75, 3.05) is 0 Å². The second-order valence-corrected chi connectivity index (χ2v) is 5.80. The molecule has 0 radical (unpaired) electrons. The van der Waals surface area contributed by atoms with Gasteiger partial charge in [0, 0.05) is 11.8 Å². The first kappa shape index (κ1) is 15.6. The van der Waals surface area contributed by atoms with Gasteiger partial charge in [-0.05, 0) is 32.6 Å². The minimum Gasteiger partial charge on any atom is -0.459 e. The Morgan fingerprint density at radius 3 is 2.52 bits per heavy atom. The molecule has 0 aliphatic heterocycles. The van der Waals surface area contributed by atoms with Crippen LogP contribution in [0, 0.1) is 30.3 Å². The van der Waals surface area contributed by atoms with Crippen LogP contribution in [0.2, 0.25) is 0 Å². The molecule has 3 rings (SSSR count). The smallest absolute Gasteiger partial charge is 0.343 e. The molecule has 1 aliphatic rings. The molecule has 4 nitrogen and oxygen atoms in total. The van der Waals surface area contributed by atoms with Crippen molar-refractivity contribution in [3.05, 3.63) is 45.0 Å². The molecule has 23 heavy (non-hydrogen) atoms. The van der Waals surface area contributed by atoms with Gasteiger partial charge in [0.15, 0.2) is 17.5 Å². The minimum atomic E-state index is -1.66. The minimum absolute atomic E-state index is 0.282. The number of aryl methyl sites for hydroxylation is 1. The predicted molar refractivity (Wildman–Crippen MR) is 76.8 cm³/mol. The lowest BCUT2D eigenvalue weighted by Gasteiger charge is -2.12. The van der Waals surface area contributed by atoms with Crippen molar-refractivity contribution in [1.82, 2.24) is 4.98 Å². The van der Waals surface area contributed by atoms with Crippen LogP contribution in [0.25, 0.3) is 10.9 Å². The third-order valence-electron chi connectivity index (χ3n) is 4.19. The van der Waals surface area contributed by atoms with Crippen LogP contribution in [0.3, 0.4) is 0 Å². The van der Waals surface area contributed by atoms with Crippen molar-refractivity contribution in [2.45, 2.75) is 32.8 Å². The maximum absolute atomic E-state index is 13.8. The highest BCUT2D eigenvalue weighted by molar-refractivity contribution is 5.94. The van der Waals surface area contributed by atoms with E-state index in [-0.39, 0.29) is 23.1 Å². The summed E-state index contributed by atoms with van der Waals surface area (Å²) < 4.78 is 46.1. The van der Waals surface area contributed by atoms with Crippen molar-refractivity contribution in [1.29, 1.82) is 0 Å². The van der Waals surface area contributed by atoms with E-state index >= 15 is 0 Å². The molecule has 1 aromatic carbocycles. The van der Waals surface area contributed by atoms with Crippen molar-refractivity contribution < 1.29 is 22.7 Å². The zero-order chi connectivity index (χ0) is 16.9. The normalized spacial score (nSPS) is 15.7. The molecule has 7 heteroatoms. The number of nitrogens with one attached hydrogen (secondary N) is 1. The summed E-state index contributed by atoms with van der Waals surface area (Å²) in [5.41, 5.74) is -2.08. The Morgan fingerprint density at radius 1 is 1.26 bits per heavy atom. The Bertz CT molecular complexity index is 871. The molecule has 1 aromatic heterocycles. The molecule has 2 aromatic rings. The van der Waals surface area contributed by atoms with Gasteiger partial charge in [-0.1, -0.05) is 0 Å². The summed E-state index contributed by atoms with van der Waals surface area (Å²) in [6, 6.07) is 0. The van der Waals surface area contributed by atoms with Crippen LogP contribution in [-0.2, 0) is 4.74 Å². The second kappa shape index (κ2) is 5.40. The fraction of sp³-hybridized carbons (Fsp3) is 0.375. The summed E-state index contributed by atoms with van der Waals surface area (Å²) in [4.78, 5) is 26.8. The monoisotopic (exact) mass is 325 g/mol. The van der Waals surface area contributed by atoms with Gasteiger partial charge in [0.2, 0.25) is 5.43 Å². The molecule has 1 fully saturated rings. The predicted octanol–water partition coefficient (Wildman–Crippen LogP) is 3.21. The molecular formula is C16H14F3NO3. The van der Waals surface area contributed by atoms with Gasteiger partial charge < -0.3 is 9.72 Å². The number of benzene rings is 1. The summed E-state index contributed by atoms with van der Waals surface area (Å²) in [6.45, 7) is 2.88. The van der Waals surface area contributed by atoms with Crippen LogP contribution in [-0.4, -0.2) is 17.1 Å². The van der Waals surface area contributed by atoms with E-state index < -0.39 is 39.8 Å². The van der Waals surface area contributed by atoms with Crippen molar-refractivity contribution in [3.8, 4) is 0 Å². The molecule has 1 N–H and O–H groups in total. The topological polar surface area (TPSA) is 59.2 Å².